The van der Waals surface area contributed by atoms with Gasteiger partial charge < -0.3 is 5.32 Å². The van der Waals surface area contributed by atoms with Gasteiger partial charge in [-0.25, -0.2) is 5.43 Å². The minimum atomic E-state index is -0.313. The van der Waals surface area contributed by atoms with Gasteiger partial charge in [0.05, 0.1) is 0 Å². The van der Waals surface area contributed by atoms with Crippen LogP contribution < -0.4 is 15.3 Å². The molecule has 0 aliphatic heterocycles. The summed E-state index contributed by atoms with van der Waals surface area (Å²) in [7, 11) is 0. The standard InChI is InChI=1S/C23H27ClN4O3/c1-16(2)21(29)14-19(26-27-23(31)15-28-11-5-4-6-12-28)8-10-22(30)25-20-9-7-18(24)13-17(20)3/h4-7,9,11-13,16H,8,10,14-15H2,1-3H3,(H-,25,27,30,31)/p+1/b26-19+. The molecule has 2 rings (SSSR count). The quantitative estimate of drug-likeness (QED) is 0.334. The molecule has 0 aliphatic carbocycles. The molecular formula is C23H28ClN4O3+. The van der Waals surface area contributed by atoms with Crippen molar-refractivity contribution >= 4 is 40.6 Å². The Morgan fingerprint density at radius 2 is 1.77 bits per heavy atom. The van der Waals surface area contributed by atoms with Crippen molar-refractivity contribution in [2.24, 2.45) is 11.0 Å². The van der Waals surface area contributed by atoms with Gasteiger partial charge >= 0.3 is 5.91 Å². The van der Waals surface area contributed by atoms with Crippen molar-refractivity contribution in [1.29, 1.82) is 0 Å². The van der Waals surface area contributed by atoms with Crippen LogP contribution in [-0.2, 0) is 20.9 Å². The number of hydrogen-bond donors (Lipinski definition) is 2. The molecule has 0 atom stereocenters. The van der Waals surface area contributed by atoms with Gasteiger partial charge in [-0.15, -0.1) is 0 Å². The number of anilines is 1. The van der Waals surface area contributed by atoms with E-state index in [4.69, 9.17) is 11.6 Å². The number of aromatic nitrogens is 1. The first-order chi connectivity index (χ1) is 14.7. The van der Waals surface area contributed by atoms with Crippen molar-refractivity contribution in [3.8, 4) is 0 Å². The summed E-state index contributed by atoms with van der Waals surface area (Å²) < 4.78 is 1.71. The van der Waals surface area contributed by atoms with E-state index in [2.05, 4.69) is 15.8 Å². The van der Waals surface area contributed by atoms with Gasteiger partial charge in [-0.2, -0.15) is 9.67 Å². The molecule has 7 nitrogen and oxygen atoms in total. The number of amides is 2. The van der Waals surface area contributed by atoms with E-state index in [1.807, 2.05) is 25.1 Å². The van der Waals surface area contributed by atoms with E-state index in [9.17, 15) is 14.4 Å². The Hall–Kier alpha value is -3.06. The maximum Gasteiger partial charge on any atom is 0.305 e. The van der Waals surface area contributed by atoms with Gasteiger partial charge in [0.15, 0.2) is 12.4 Å². The summed E-state index contributed by atoms with van der Waals surface area (Å²) in [6.45, 7) is 5.57. The molecule has 1 aromatic carbocycles. The van der Waals surface area contributed by atoms with Gasteiger partial charge in [0.2, 0.25) is 12.5 Å². The third-order valence-electron chi connectivity index (χ3n) is 4.57. The molecule has 0 radical (unpaired) electrons. The van der Waals surface area contributed by atoms with Crippen LogP contribution in [-0.4, -0.2) is 23.3 Å². The van der Waals surface area contributed by atoms with E-state index in [1.165, 1.54) is 0 Å². The van der Waals surface area contributed by atoms with Crippen LogP contribution in [0.4, 0.5) is 5.69 Å². The van der Waals surface area contributed by atoms with E-state index in [-0.39, 0.29) is 49.3 Å². The van der Waals surface area contributed by atoms with Crippen LogP contribution in [0.1, 0.15) is 38.7 Å². The monoisotopic (exact) mass is 443 g/mol. The minimum Gasteiger partial charge on any atom is -0.326 e. The summed E-state index contributed by atoms with van der Waals surface area (Å²) in [6.07, 6.45) is 4.03. The van der Waals surface area contributed by atoms with E-state index < -0.39 is 0 Å². The van der Waals surface area contributed by atoms with Crippen LogP contribution in [0.25, 0.3) is 0 Å². The van der Waals surface area contributed by atoms with Crippen molar-refractivity contribution in [2.75, 3.05) is 5.32 Å². The zero-order chi connectivity index (χ0) is 22.8. The van der Waals surface area contributed by atoms with Gasteiger partial charge in [0.25, 0.3) is 0 Å². The summed E-state index contributed by atoms with van der Waals surface area (Å²) in [6, 6.07) is 10.7. The highest BCUT2D eigenvalue weighted by Crippen LogP contribution is 2.20. The van der Waals surface area contributed by atoms with Crippen molar-refractivity contribution in [3.63, 3.8) is 0 Å². The molecule has 164 valence electrons. The molecule has 1 heterocycles. The number of carbonyl (C=O) groups is 3. The van der Waals surface area contributed by atoms with Gasteiger partial charge in [0.1, 0.15) is 5.78 Å². The molecule has 2 aromatic rings. The normalized spacial score (nSPS) is 11.3. The summed E-state index contributed by atoms with van der Waals surface area (Å²) in [5.74, 6) is -0.682. The molecule has 2 amide bonds. The molecule has 0 saturated carbocycles. The van der Waals surface area contributed by atoms with Gasteiger partial charge in [-0.1, -0.05) is 31.5 Å². The number of pyridine rings is 1. The highest BCUT2D eigenvalue weighted by Gasteiger charge is 2.15. The Morgan fingerprint density at radius 1 is 1.06 bits per heavy atom. The maximum absolute atomic E-state index is 12.4. The molecule has 0 fully saturated rings. The summed E-state index contributed by atoms with van der Waals surface area (Å²) in [5, 5.41) is 7.57. The average Bonchev–Trinajstić information content (AvgIpc) is 2.72. The van der Waals surface area contributed by atoms with Crippen molar-refractivity contribution in [1.82, 2.24) is 5.43 Å². The SMILES string of the molecule is Cc1cc(Cl)ccc1NC(=O)CC/C(CC(=O)C(C)C)=N\NC(=O)C[n+]1ccccc1. The number of hydrogen-bond acceptors (Lipinski definition) is 4. The Bertz CT molecular complexity index is 959. The Balaban J connectivity index is 1.98. The van der Waals surface area contributed by atoms with E-state index >= 15 is 0 Å². The fourth-order valence-electron chi connectivity index (χ4n) is 2.71. The average molecular weight is 444 g/mol. The predicted octanol–water partition coefficient (Wildman–Crippen LogP) is 3.44. The number of carbonyl (C=O) groups excluding carboxylic acids is 3. The largest absolute Gasteiger partial charge is 0.326 e. The molecule has 8 heteroatoms. The molecule has 0 unspecified atom stereocenters. The molecule has 0 spiro atoms. The Kier molecular flexibility index (Phi) is 9.34. The highest BCUT2D eigenvalue weighted by atomic mass is 35.5. The second-order valence-electron chi connectivity index (χ2n) is 7.57. The van der Waals surface area contributed by atoms with Gasteiger partial charge in [0, 0.05) is 47.3 Å². The van der Waals surface area contributed by atoms with Crippen molar-refractivity contribution in [3.05, 3.63) is 59.4 Å². The summed E-state index contributed by atoms with van der Waals surface area (Å²) in [4.78, 5) is 36.7. The van der Waals surface area contributed by atoms with Crippen molar-refractivity contribution < 1.29 is 19.0 Å². The summed E-state index contributed by atoms with van der Waals surface area (Å²) in [5.41, 5.74) is 4.50. The molecule has 1 aromatic heterocycles. The zero-order valence-corrected chi connectivity index (χ0v) is 18.8. The third kappa shape index (κ3) is 8.68. The molecule has 31 heavy (non-hydrogen) atoms. The molecule has 2 N–H and O–H groups in total. The minimum absolute atomic E-state index is 0.000567. The molecule has 0 bridgehead atoms. The number of nitrogens with zero attached hydrogens (tertiary/aromatic N) is 2. The lowest BCUT2D eigenvalue weighted by atomic mass is 10.0. The maximum atomic E-state index is 12.4. The second kappa shape index (κ2) is 12.0. The molecule has 0 saturated heterocycles. The third-order valence-corrected chi connectivity index (χ3v) is 4.80. The first-order valence-corrected chi connectivity index (χ1v) is 10.5. The van der Waals surface area contributed by atoms with E-state index in [0.29, 0.717) is 16.4 Å². The van der Waals surface area contributed by atoms with E-state index in [0.717, 1.165) is 5.56 Å². The zero-order valence-electron chi connectivity index (χ0n) is 18.0. The number of hydrazone groups is 1. The number of halogens is 1. The smallest absolute Gasteiger partial charge is 0.305 e. The Labute approximate surface area is 187 Å². The van der Waals surface area contributed by atoms with Crippen LogP contribution in [0.15, 0.2) is 53.9 Å². The first kappa shape index (κ1) is 24.2. The number of aryl methyl sites for hydroxylation is 1. The lowest BCUT2D eigenvalue weighted by Crippen LogP contribution is -2.41. The topological polar surface area (TPSA) is 91.5 Å². The van der Waals surface area contributed by atoms with Crippen molar-refractivity contribution in [2.45, 2.75) is 46.6 Å². The Morgan fingerprint density at radius 3 is 2.42 bits per heavy atom. The number of Topliss-reactive ketones (excluding diaryl/α,β-unsaturated/α-hetero) is 1. The lowest BCUT2D eigenvalue weighted by Gasteiger charge is -2.10. The van der Waals surface area contributed by atoms with Gasteiger partial charge in [-0.3, -0.25) is 14.4 Å². The fraction of sp³-hybridized carbons (Fsp3) is 0.348. The van der Waals surface area contributed by atoms with Crippen LogP contribution in [0.5, 0.6) is 0 Å². The number of nitrogens with one attached hydrogen (secondary N) is 2. The number of benzene rings is 1. The predicted molar refractivity (Wildman–Crippen MR) is 121 cm³/mol. The van der Waals surface area contributed by atoms with Gasteiger partial charge in [-0.05, 0) is 37.1 Å². The number of rotatable bonds is 10. The molecule has 0 aliphatic rings. The fourth-order valence-corrected chi connectivity index (χ4v) is 2.94. The van der Waals surface area contributed by atoms with Crippen LogP contribution in [0, 0.1) is 12.8 Å². The van der Waals surface area contributed by atoms with Crippen LogP contribution >= 0.6 is 11.6 Å². The highest BCUT2D eigenvalue weighted by molar-refractivity contribution is 6.30. The van der Waals surface area contributed by atoms with E-state index in [1.54, 1.807) is 49.0 Å². The first-order valence-electron chi connectivity index (χ1n) is 10.1. The molecular weight excluding hydrogens is 416 g/mol. The summed E-state index contributed by atoms with van der Waals surface area (Å²) >= 11 is 5.95. The van der Waals surface area contributed by atoms with Crippen LogP contribution in [0.2, 0.25) is 5.02 Å². The lowest BCUT2D eigenvalue weighted by molar-refractivity contribution is -0.684. The van der Waals surface area contributed by atoms with Crippen LogP contribution in [0.3, 0.4) is 0 Å². The number of ketones is 1. The second-order valence-corrected chi connectivity index (χ2v) is 8.00.